The molecular formula is C19H25N3O2. The molecule has 2 saturated heterocycles. The molecule has 2 aliphatic heterocycles. The first-order valence-electron chi connectivity index (χ1n) is 8.59. The standard InChI is InChI=1S/C19H25N3O2/c1-15-12-21(13-17-5-3-4-16(10-17)11-20)14-19(15)6-7-22(18(19)23)8-9-24-2/h3-5,10,15H,6-9,12-14H2,1-2H3/t15-,19-/m0/s1. The Kier molecular flexibility index (Phi) is 4.88. The lowest BCUT2D eigenvalue weighted by Gasteiger charge is -2.26. The maximum atomic E-state index is 12.9. The van der Waals surface area contributed by atoms with Gasteiger partial charge in [0.05, 0.1) is 23.7 Å². The fraction of sp³-hybridized carbons (Fsp3) is 0.579. The lowest BCUT2D eigenvalue weighted by atomic mass is 9.78. The Morgan fingerprint density at radius 2 is 2.29 bits per heavy atom. The zero-order valence-electron chi connectivity index (χ0n) is 14.5. The molecule has 5 heteroatoms. The number of hydrogen-bond acceptors (Lipinski definition) is 4. The van der Waals surface area contributed by atoms with Crippen molar-refractivity contribution in [1.29, 1.82) is 5.26 Å². The van der Waals surface area contributed by atoms with Gasteiger partial charge in [-0.15, -0.1) is 0 Å². The van der Waals surface area contributed by atoms with Gasteiger partial charge in [0.25, 0.3) is 0 Å². The highest BCUT2D eigenvalue weighted by Gasteiger charge is 2.54. The van der Waals surface area contributed by atoms with Gasteiger partial charge in [-0.3, -0.25) is 9.69 Å². The van der Waals surface area contributed by atoms with Gasteiger partial charge in [0.1, 0.15) is 0 Å². The molecule has 128 valence electrons. The van der Waals surface area contributed by atoms with Crippen LogP contribution in [0.2, 0.25) is 0 Å². The largest absolute Gasteiger partial charge is 0.383 e. The summed E-state index contributed by atoms with van der Waals surface area (Å²) in [5.74, 6) is 0.650. The summed E-state index contributed by atoms with van der Waals surface area (Å²) in [7, 11) is 1.67. The number of methoxy groups -OCH3 is 1. The molecule has 2 atom stereocenters. The number of carbonyl (C=O) groups is 1. The van der Waals surface area contributed by atoms with E-state index in [4.69, 9.17) is 10.00 Å². The maximum Gasteiger partial charge on any atom is 0.230 e. The zero-order chi connectivity index (χ0) is 17.2. The molecule has 2 aliphatic rings. The van der Waals surface area contributed by atoms with Gasteiger partial charge in [0, 0.05) is 39.8 Å². The van der Waals surface area contributed by atoms with Gasteiger partial charge in [-0.25, -0.2) is 0 Å². The molecule has 0 radical (unpaired) electrons. The first kappa shape index (κ1) is 16.9. The number of ether oxygens (including phenoxy) is 1. The Labute approximate surface area is 143 Å². The molecule has 1 spiro atoms. The van der Waals surface area contributed by atoms with E-state index in [1.54, 1.807) is 7.11 Å². The van der Waals surface area contributed by atoms with Crippen LogP contribution in [0.1, 0.15) is 24.5 Å². The maximum absolute atomic E-state index is 12.9. The quantitative estimate of drug-likeness (QED) is 0.828. The van der Waals surface area contributed by atoms with E-state index in [1.807, 2.05) is 23.1 Å². The van der Waals surface area contributed by atoms with E-state index < -0.39 is 0 Å². The monoisotopic (exact) mass is 327 g/mol. The molecule has 5 nitrogen and oxygen atoms in total. The van der Waals surface area contributed by atoms with Crippen molar-refractivity contribution in [3.63, 3.8) is 0 Å². The molecule has 1 aromatic rings. The summed E-state index contributed by atoms with van der Waals surface area (Å²) in [5.41, 5.74) is 1.60. The number of nitriles is 1. The number of benzene rings is 1. The van der Waals surface area contributed by atoms with Crippen molar-refractivity contribution >= 4 is 5.91 Å². The van der Waals surface area contributed by atoms with Gasteiger partial charge in [-0.05, 0) is 30.0 Å². The van der Waals surface area contributed by atoms with E-state index in [9.17, 15) is 4.79 Å². The van der Waals surface area contributed by atoms with E-state index in [0.717, 1.165) is 38.2 Å². The van der Waals surface area contributed by atoms with Gasteiger partial charge < -0.3 is 9.64 Å². The summed E-state index contributed by atoms with van der Waals surface area (Å²) in [6.07, 6.45) is 0.936. The smallest absolute Gasteiger partial charge is 0.230 e. The van der Waals surface area contributed by atoms with Crippen molar-refractivity contribution in [2.75, 3.05) is 39.9 Å². The molecule has 1 amide bonds. The van der Waals surface area contributed by atoms with E-state index in [0.29, 0.717) is 30.5 Å². The minimum absolute atomic E-state index is 0.236. The van der Waals surface area contributed by atoms with E-state index in [-0.39, 0.29) is 5.41 Å². The SMILES string of the molecule is COCCN1CC[C@@]2(CN(Cc3cccc(C#N)c3)C[C@@H]2C)C1=O. The van der Waals surface area contributed by atoms with Crippen molar-refractivity contribution < 1.29 is 9.53 Å². The van der Waals surface area contributed by atoms with Gasteiger partial charge in [-0.1, -0.05) is 19.1 Å². The number of hydrogen-bond donors (Lipinski definition) is 0. The third kappa shape index (κ3) is 3.04. The zero-order valence-corrected chi connectivity index (χ0v) is 14.5. The molecule has 0 unspecified atom stereocenters. The van der Waals surface area contributed by atoms with E-state index >= 15 is 0 Å². The number of carbonyl (C=O) groups excluding carboxylic acids is 1. The number of nitrogens with zero attached hydrogens (tertiary/aromatic N) is 3. The molecule has 24 heavy (non-hydrogen) atoms. The predicted octanol–water partition coefficient (Wildman–Crippen LogP) is 1.88. The van der Waals surface area contributed by atoms with Crippen LogP contribution in [0.3, 0.4) is 0 Å². The molecule has 0 aromatic heterocycles. The number of amides is 1. The average molecular weight is 327 g/mol. The van der Waals surface area contributed by atoms with Crippen LogP contribution in [0.5, 0.6) is 0 Å². The second-order valence-electron chi connectivity index (χ2n) is 7.07. The molecule has 2 fully saturated rings. The van der Waals surface area contributed by atoms with Crippen molar-refractivity contribution in [2.45, 2.75) is 19.9 Å². The lowest BCUT2D eigenvalue weighted by Crippen LogP contribution is -2.40. The minimum atomic E-state index is -0.236. The Morgan fingerprint density at radius 1 is 1.46 bits per heavy atom. The van der Waals surface area contributed by atoms with Crippen LogP contribution in [0.25, 0.3) is 0 Å². The summed E-state index contributed by atoms with van der Waals surface area (Å²) in [5, 5.41) is 9.04. The van der Waals surface area contributed by atoms with Crippen molar-refractivity contribution in [1.82, 2.24) is 9.80 Å². The van der Waals surface area contributed by atoms with Crippen LogP contribution >= 0.6 is 0 Å². The molecule has 3 rings (SSSR count). The van der Waals surface area contributed by atoms with Crippen molar-refractivity contribution in [3.8, 4) is 6.07 Å². The fourth-order valence-electron chi connectivity index (χ4n) is 4.18. The summed E-state index contributed by atoms with van der Waals surface area (Å²) in [4.78, 5) is 17.3. The second-order valence-corrected chi connectivity index (χ2v) is 7.07. The van der Waals surface area contributed by atoms with Crippen molar-refractivity contribution in [3.05, 3.63) is 35.4 Å². The second kappa shape index (κ2) is 6.92. The summed E-state index contributed by atoms with van der Waals surface area (Å²) < 4.78 is 5.12. The van der Waals surface area contributed by atoms with Crippen LogP contribution in [-0.4, -0.2) is 55.6 Å². The molecule has 0 N–H and O–H groups in total. The molecule has 0 aliphatic carbocycles. The van der Waals surface area contributed by atoms with Crippen LogP contribution in [-0.2, 0) is 16.1 Å². The van der Waals surface area contributed by atoms with Gasteiger partial charge in [0.15, 0.2) is 0 Å². The third-order valence-electron chi connectivity index (χ3n) is 5.55. The normalized spacial score (nSPS) is 27.1. The minimum Gasteiger partial charge on any atom is -0.383 e. The van der Waals surface area contributed by atoms with Gasteiger partial charge >= 0.3 is 0 Å². The third-order valence-corrected chi connectivity index (χ3v) is 5.55. The van der Waals surface area contributed by atoms with Crippen LogP contribution in [0.4, 0.5) is 0 Å². The lowest BCUT2D eigenvalue weighted by molar-refractivity contribution is -0.137. The number of rotatable bonds is 5. The first-order valence-corrected chi connectivity index (χ1v) is 8.59. The number of likely N-dealkylation sites (tertiary alicyclic amines) is 2. The average Bonchev–Trinajstić information content (AvgIpc) is 3.07. The van der Waals surface area contributed by atoms with Crippen molar-refractivity contribution in [2.24, 2.45) is 11.3 Å². The topological polar surface area (TPSA) is 56.6 Å². The van der Waals surface area contributed by atoms with Gasteiger partial charge in [-0.2, -0.15) is 5.26 Å². The highest BCUT2D eigenvalue weighted by molar-refractivity contribution is 5.86. The molecule has 0 saturated carbocycles. The highest BCUT2D eigenvalue weighted by Crippen LogP contribution is 2.44. The first-order chi connectivity index (χ1) is 11.6. The van der Waals surface area contributed by atoms with Crippen LogP contribution in [0, 0.1) is 22.7 Å². The molecule has 0 bridgehead atoms. The fourth-order valence-corrected chi connectivity index (χ4v) is 4.18. The van der Waals surface area contributed by atoms with E-state index in [1.165, 1.54) is 0 Å². The Bertz CT molecular complexity index is 654. The summed E-state index contributed by atoms with van der Waals surface area (Å²) in [6, 6.07) is 9.94. The van der Waals surface area contributed by atoms with E-state index in [2.05, 4.69) is 24.0 Å². The van der Waals surface area contributed by atoms with Crippen LogP contribution < -0.4 is 0 Å². The Balaban J connectivity index is 1.68. The molecule has 2 heterocycles. The summed E-state index contributed by atoms with van der Waals surface area (Å²) in [6.45, 7) is 6.86. The highest BCUT2D eigenvalue weighted by atomic mass is 16.5. The summed E-state index contributed by atoms with van der Waals surface area (Å²) >= 11 is 0. The van der Waals surface area contributed by atoms with Crippen LogP contribution in [0.15, 0.2) is 24.3 Å². The molecule has 1 aromatic carbocycles. The molecular weight excluding hydrogens is 302 g/mol. The predicted molar refractivity (Wildman–Crippen MR) is 91.1 cm³/mol. The van der Waals surface area contributed by atoms with Gasteiger partial charge in [0.2, 0.25) is 5.91 Å². The Hall–Kier alpha value is -1.90. The Morgan fingerprint density at radius 3 is 3.04 bits per heavy atom.